The highest BCUT2D eigenvalue weighted by atomic mass is 127. The number of halogens is 2. The maximum absolute atomic E-state index is 12.1. The van der Waals surface area contributed by atoms with Gasteiger partial charge in [0.05, 0.1) is 29.0 Å². The van der Waals surface area contributed by atoms with E-state index in [1.54, 1.807) is 6.07 Å². The minimum Gasteiger partial charge on any atom is -0.506 e. The third kappa shape index (κ3) is 3.90. The van der Waals surface area contributed by atoms with Crippen LogP contribution in [0.25, 0.3) is 0 Å². The predicted octanol–water partition coefficient (Wildman–Crippen LogP) is 0.0469. The first kappa shape index (κ1) is 16.9. The second-order valence-corrected chi connectivity index (χ2v) is 6.40. The summed E-state index contributed by atoms with van der Waals surface area (Å²) in [5, 5.41) is 39.6. The van der Waals surface area contributed by atoms with Gasteiger partial charge in [-0.1, -0.05) is 0 Å². The molecule has 0 fully saturated rings. The van der Waals surface area contributed by atoms with Gasteiger partial charge in [-0.15, -0.1) is 0 Å². The number of amides is 1. The molecule has 0 spiro atoms. The monoisotopic (exact) mass is 493 g/mol. The lowest BCUT2D eigenvalue weighted by atomic mass is 10.0. The van der Waals surface area contributed by atoms with Gasteiger partial charge < -0.3 is 25.7 Å². The zero-order valence-corrected chi connectivity index (χ0v) is 14.0. The summed E-state index contributed by atoms with van der Waals surface area (Å²) in [6.45, 7) is -1.85. The minimum absolute atomic E-state index is 0.0241. The van der Waals surface area contributed by atoms with E-state index in [0.717, 1.165) is 3.57 Å². The smallest absolute Gasteiger partial charge is 0.255 e. The lowest BCUT2D eigenvalue weighted by Crippen LogP contribution is -2.57. The van der Waals surface area contributed by atoms with Crippen LogP contribution in [-0.2, 0) is 0 Å². The summed E-state index contributed by atoms with van der Waals surface area (Å²) < 4.78 is 1.27. The van der Waals surface area contributed by atoms with Crippen LogP contribution in [0.15, 0.2) is 12.1 Å². The maximum Gasteiger partial charge on any atom is 0.255 e. The third-order valence-electron chi connectivity index (χ3n) is 2.56. The molecule has 0 aliphatic heterocycles. The number of hydrogen-bond acceptors (Lipinski definition) is 5. The van der Waals surface area contributed by atoms with Crippen molar-refractivity contribution >= 4 is 51.1 Å². The number of phenols is 1. The molecule has 106 valence electrons. The number of rotatable bonds is 5. The van der Waals surface area contributed by atoms with Gasteiger partial charge in [-0.05, 0) is 57.3 Å². The SMILES string of the molecule is O=C(NC(CO)(CO)CO)c1cc(I)cc(I)c1O. The first-order valence-corrected chi connectivity index (χ1v) is 7.38. The summed E-state index contributed by atoms with van der Waals surface area (Å²) in [5.74, 6) is -0.854. The van der Waals surface area contributed by atoms with Crippen molar-refractivity contribution < 1.29 is 25.2 Å². The van der Waals surface area contributed by atoms with Gasteiger partial charge in [0.2, 0.25) is 0 Å². The molecule has 5 N–H and O–H groups in total. The molecular weight excluding hydrogens is 480 g/mol. The molecule has 0 saturated carbocycles. The molecule has 0 unspecified atom stereocenters. The molecule has 0 heterocycles. The van der Waals surface area contributed by atoms with Crippen molar-refractivity contribution in [3.8, 4) is 5.75 Å². The van der Waals surface area contributed by atoms with Gasteiger partial charge in [-0.25, -0.2) is 0 Å². The highest BCUT2D eigenvalue weighted by molar-refractivity contribution is 14.1. The van der Waals surface area contributed by atoms with E-state index in [0.29, 0.717) is 3.57 Å². The molecule has 6 nitrogen and oxygen atoms in total. The Balaban J connectivity index is 3.08. The van der Waals surface area contributed by atoms with Crippen LogP contribution in [0.4, 0.5) is 0 Å². The van der Waals surface area contributed by atoms with Gasteiger partial charge in [-0.3, -0.25) is 4.79 Å². The van der Waals surface area contributed by atoms with Gasteiger partial charge in [0.25, 0.3) is 5.91 Å². The van der Waals surface area contributed by atoms with Crippen molar-refractivity contribution in [2.75, 3.05) is 19.8 Å². The molecule has 1 aromatic rings. The van der Waals surface area contributed by atoms with Gasteiger partial charge in [-0.2, -0.15) is 0 Å². The van der Waals surface area contributed by atoms with Crippen LogP contribution in [-0.4, -0.2) is 51.7 Å². The molecule has 1 aromatic carbocycles. The largest absolute Gasteiger partial charge is 0.506 e. The lowest BCUT2D eigenvalue weighted by molar-refractivity contribution is 0.0374. The number of aliphatic hydroxyl groups is 3. The van der Waals surface area contributed by atoms with E-state index in [2.05, 4.69) is 5.32 Å². The number of aromatic hydroxyl groups is 1. The van der Waals surface area contributed by atoms with Gasteiger partial charge in [0.15, 0.2) is 0 Å². The molecule has 1 amide bonds. The Kier molecular flexibility index (Phi) is 6.23. The molecule has 0 aromatic heterocycles. The van der Waals surface area contributed by atoms with E-state index < -0.39 is 31.3 Å². The topological polar surface area (TPSA) is 110 Å². The highest BCUT2D eigenvalue weighted by Crippen LogP contribution is 2.27. The lowest BCUT2D eigenvalue weighted by Gasteiger charge is -2.28. The van der Waals surface area contributed by atoms with Crippen molar-refractivity contribution in [2.24, 2.45) is 0 Å². The Morgan fingerprint density at radius 2 is 1.68 bits per heavy atom. The maximum atomic E-state index is 12.1. The summed E-state index contributed by atoms with van der Waals surface area (Å²) in [4.78, 5) is 12.1. The molecule has 0 radical (unpaired) electrons. The highest BCUT2D eigenvalue weighted by Gasteiger charge is 2.31. The Labute approximate surface area is 137 Å². The molecule has 8 heteroatoms. The van der Waals surface area contributed by atoms with Crippen LogP contribution in [0.3, 0.4) is 0 Å². The third-order valence-corrected chi connectivity index (χ3v) is 4.00. The van der Waals surface area contributed by atoms with Crippen LogP contribution in [0.5, 0.6) is 5.75 Å². The summed E-state index contributed by atoms with van der Waals surface area (Å²) in [5.41, 5.74) is -1.49. The molecule has 0 atom stereocenters. The predicted molar refractivity (Wildman–Crippen MR) is 85.0 cm³/mol. The first-order chi connectivity index (χ1) is 8.89. The van der Waals surface area contributed by atoms with Gasteiger partial charge >= 0.3 is 0 Å². The van der Waals surface area contributed by atoms with E-state index in [1.165, 1.54) is 6.07 Å². The number of nitrogens with one attached hydrogen (secondary N) is 1. The number of carbonyl (C=O) groups excluding carboxylic acids is 1. The zero-order chi connectivity index (χ0) is 14.6. The Morgan fingerprint density at radius 3 is 2.16 bits per heavy atom. The van der Waals surface area contributed by atoms with E-state index >= 15 is 0 Å². The van der Waals surface area contributed by atoms with E-state index in [-0.39, 0.29) is 11.3 Å². The number of benzene rings is 1. The summed E-state index contributed by atoms with van der Waals surface area (Å²) in [6, 6.07) is 3.18. The number of aliphatic hydroxyl groups excluding tert-OH is 3. The standard InChI is InChI=1S/C11H13I2NO5/c12-6-1-7(9(18)8(13)2-6)10(19)14-11(3-15,4-16)5-17/h1-2,15-18H,3-5H2,(H,14,19). The number of hydrogen-bond donors (Lipinski definition) is 5. The quantitative estimate of drug-likeness (QED) is 0.373. The van der Waals surface area contributed by atoms with Crippen molar-refractivity contribution in [2.45, 2.75) is 5.54 Å². The van der Waals surface area contributed by atoms with Crippen molar-refractivity contribution in [3.05, 3.63) is 24.8 Å². The zero-order valence-electron chi connectivity index (χ0n) is 9.73. The summed E-state index contributed by atoms with van der Waals surface area (Å²) >= 11 is 3.89. The van der Waals surface area contributed by atoms with Crippen LogP contribution < -0.4 is 5.32 Å². The number of carbonyl (C=O) groups is 1. The Morgan fingerprint density at radius 1 is 1.16 bits per heavy atom. The number of phenolic OH excluding ortho intramolecular Hbond substituents is 1. The second-order valence-electron chi connectivity index (χ2n) is 3.99. The molecule has 0 aliphatic carbocycles. The summed E-state index contributed by atoms with van der Waals surface area (Å²) in [6.07, 6.45) is 0. The van der Waals surface area contributed by atoms with E-state index in [1.807, 2.05) is 45.2 Å². The van der Waals surface area contributed by atoms with E-state index in [4.69, 9.17) is 15.3 Å². The van der Waals surface area contributed by atoms with Crippen molar-refractivity contribution in [3.63, 3.8) is 0 Å². The van der Waals surface area contributed by atoms with Crippen molar-refractivity contribution in [1.82, 2.24) is 5.32 Å². The van der Waals surface area contributed by atoms with E-state index in [9.17, 15) is 9.90 Å². The average molecular weight is 493 g/mol. The molecule has 0 aliphatic rings. The fourth-order valence-corrected chi connectivity index (χ4v) is 3.16. The van der Waals surface area contributed by atoms with Crippen molar-refractivity contribution in [1.29, 1.82) is 0 Å². The minimum atomic E-state index is -1.52. The fraction of sp³-hybridized carbons (Fsp3) is 0.364. The van der Waals surface area contributed by atoms with Crippen LogP contribution in [0.1, 0.15) is 10.4 Å². The van der Waals surface area contributed by atoms with Crippen LogP contribution in [0, 0.1) is 7.14 Å². The molecule has 1 rings (SSSR count). The summed E-state index contributed by atoms with van der Waals surface area (Å²) in [7, 11) is 0. The van der Waals surface area contributed by atoms with Gasteiger partial charge in [0.1, 0.15) is 11.3 Å². The van der Waals surface area contributed by atoms with Crippen LogP contribution in [0.2, 0.25) is 0 Å². The molecule has 0 bridgehead atoms. The Bertz CT molecular complexity index is 468. The second kappa shape index (κ2) is 7.02. The normalized spacial score (nSPS) is 11.4. The van der Waals surface area contributed by atoms with Gasteiger partial charge in [0, 0.05) is 3.57 Å². The molecule has 0 saturated heterocycles. The first-order valence-electron chi connectivity index (χ1n) is 5.22. The van der Waals surface area contributed by atoms with Crippen LogP contribution >= 0.6 is 45.2 Å². The Hall–Kier alpha value is -0.170. The molecular formula is C11H13I2NO5. The fourth-order valence-electron chi connectivity index (χ4n) is 1.32. The average Bonchev–Trinajstić information content (AvgIpc) is 2.40. The molecule has 19 heavy (non-hydrogen) atoms.